The summed E-state index contributed by atoms with van der Waals surface area (Å²) < 4.78 is 45.3. The number of fused-ring (bicyclic) bond motifs is 3. The van der Waals surface area contributed by atoms with Crippen LogP contribution in [0.3, 0.4) is 0 Å². The molecule has 1 aromatic heterocycles. The fraction of sp³-hybridized carbons (Fsp3) is 0.528. The van der Waals surface area contributed by atoms with Crippen LogP contribution < -0.4 is 14.2 Å². The second-order valence-electron chi connectivity index (χ2n) is 14.6. The molecular weight excluding hydrogens is 650 g/mol. The Kier molecular flexibility index (Phi) is 9.33. The van der Waals surface area contributed by atoms with Gasteiger partial charge >= 0.3 is 5.97 Å². The molecule has 262 valence electrons. The molecule has 2 aliphatic carbocycles. The predicted molar refractivity (Wildman–Crippen MR) is 180 cm³/mol. The van der Waals surface area contributed by atoms with Gasteiger partial charge in [-0.3, -0.25) is 23.9 Å². The van der Waals surface area contributed by atoms with E-state index in [4.69, 9.17) is 14.2 Å². The monoisotopic (exact) mass is 693 g/mol. The highest BCUT2D eigenvalue weighted by atomic mass is 32.2. The molecule has 0 spiro atoms. The molecule has 0 radical (unpaired) electrons. The molecule has 13 heteroatoms. The third-order valence-corrected chi connectivity index (χ3v) is 11.8. The Morgan fingerprint density at radius 2 is 1.86 bits per heavy atom. The topological polar surface area (TPSA) is 158 Å². The van der Waals surface area contributed by atoms with Crippen molar-refractivity contribution in [3.63, 3.8) is 0 Å². The van der Waals surface area contributed by atoms with Crippen molar-refractivity contribution in [3.8, 4) is 11.6 Å². The third-order valence-electron chi connectivity index (χ3n) is 10.0. The molecular formula is C36H43N3O9S. The van der Waals surface area contributed by atoms with Crippen molar-refractivity contribution in [1.29, 1.82) is 0 Å². The molecule has 4 aliphatic rings. The van der Waals surface area contributed by atoms with Gasteiger partial charge in [-0.15, -0.1) is 6.58 Å². The van der Waals surface area contributed by atoms with Gasteiger partial charge in [0, 0.05) is 24.4 Å². The van der Waals surface area contributed by atoms with Crippen molar-refractivity contribution in [2.75, 3.05) is 19.8 Å². The molecule has 1 N–H and O–H groups in total. The van der Waals surface area contributed by atoms with E-state index in [-0.39, 0.29) is 45.4 Å². The van der Waals surface area contributed by atoms with Crippen molar-refractivity contribution in [1.82, 2.24) is 14.6 Å². The van der Waals surface area contributed by atoms with Crippen molar-refractivity contribution in [2.45, 2.75) is 76.7 Å². The van der Waals surface area contributed by atoms with Gasteiger partial charge in [0.1, 0.15) is 25.1 Å². The molecule has 4 bridgehead atoms. The number of ether oxygens (including phenoxy) is 3. The predicted octanol–water partition coefficient (Wildman–Crippen LogP) is 3.89. The maximum Gasteiger partial charge on any atom is 0.306 e. The summed E-state index contributed by atoms with van der Waals surface area (Å²) in [7, 11) is -3.84. The Balaban J connectivity index is 1.33. The molecule has 2 unspecified atom stereocenters. The smallest absolute Gasteiger partial charge is 0.306 e. The number of amides is 2. The van der Waals surface area contributed by atoms with Crippen LogP contribution in [0.5, 0.6) is 11.6 Å². The summed E-state index contributed by atoms with van der Waals surface area (Å²) in [6.07, 6.45) is 6.81. The number of nitrogens with zero attached hydrogens (tertiary/aromatic N) is 2. The number of Topliss-reactive ketones (excluding diaryl/α,β-unsaturated/α-hetero) is 1. The number of sulfonamides is 1. The molecule has 1 aromatic carbocycles. The molecule has 1 saturated heterocycles. The van der Waals surface area contributed by atoms with Crippen LogP contribution in [-0.2, 0) is 33.9 Å². The third kappa shape index (κ3) is 7.36. The first-order valence-corrected chi connectivity index (χ1v) is 18.3. The van der Waals surface area contributed by atoms with Crippen molar-refractivity contribution in [2.24, 2.45) is 22.7 Å². The van der Waals surface area contributed by atoms with E-state index in [0.29, 0.717) is 29.9 Å². The Hall–Kier alpha value is -4.26. The maximum atomic E-state index is 14.4. The van der Waals surface area contributed by atoms with Gasteiger partial charge in [0.15, 0.2) is 5.78 Å². The lowest BCUT2D eigenvalue weighted by molar-refractivity contribution is -0.152. The van der Waals surface area contributed by atoms with Crippen LogP contribution >= 0.6 is 0 Å². The summed E-state index contributed by atoms with van der Waals surface area (Å²) >= 11 is 0. The van der Waals surface area contributed by atoms with Crippen molar-refractivity contribution >= 4 is 44.4 Å². The molecule has 6 rings (SSSR count). The van der Waals surface area contributed by atoms with E-state index in [1.165, 1.54) is 4.90 Å². The second kappa shape index (κ2) is 13.2. The lowest BCUT2D eigenvalue weighted by Crippen LogP contribution is -2.48. The highest BCUT2D eigenvalue weighted by Gasteiger charge is 2.61. The molecule has 12 nitrogen and oxygen atoms in total. The van der Waals surface area contributed by atoms with E-state index in [1.54, 1.807) is 24.4 Å². The van der Waals surface area contributed by atoms with Gasteiger partial charge in [-0.1, -0.05) is 32.9 Å². The van der Waals surface area contributed by atoms with Crippen LogP contribution in [0.4, 0.5) is 0 Å². The normalized spacial score (nSPS) is 28.4. The van der Waals surface area contributed by atoms with Crippen molar-refractivity contribution in [3.05, 3.63) is 55.3 Å². The number of pyridine rings is 1. The van der Waals surface area contributed by atoms with Gasteiger partial charge in [0.05, 0.1) is 35.6 Å². The molecule has 5 atom stereocenters. The minimum atomic E-state index is -3.84. The Morgan fingerprint density at radius 1 is 1.12 bits per heavy atom. The van der Waals surface area contributed by atoms with Crippen LogP contribution in [0.2, 0.25) is 0 Å². The fourth-order valence-corrected chi connectivity index (χ4v) is 8.20. The van der Waals surface area contributed by atoms with E-state index >= 15 is 0 Å². The summed E-state index contributed by atoms with van der Waals surface area (Å²) in [5, 5.41) is 0.948. The minimum Gasteiger partial charge on any atom is -0.490 e. The molecule has 2 aromatic rings. The summed E-state index contributed by atoms with van der Waals surface area (Å²) in [5.74, 6) is -2.41. The van der Waals surface area contributed by atoms with Gasteiger partial charge in [-0.25, -0.2) is 13.4 Å². The van der Waals surface area contributed by atoms with Crippen LogP contribution in [0.1, 0.15) is 59.3 Å². The summed E-state index contributed by atoms with van der Waals surface area (Å²) in [4.78, 5) is 61.1. The SMILES string of the molecule is C=C[C@H]1C[C@]1(CC(=O)C1CC2CN1C(=O)[C@H](C(C)(C)C)CC(=O)OC/C=C\COc1ccc3ccnc(c3c1)O2)C(=O)NS(=O)(=O)C1CC1. The number of cyclic esters (lactones) is 1. The maximum absolute atomic E-state index is 14.4. The number of carbonyl (C=O) groups excluding carboxylic acids is 4. The number of nitrogens with one attached hydrogen (secondary N) is 1. The zero-order valence-corrected chi connectivity index (χ0v) is 28.9. The first-order valence-electron chi connectivity index (χ1n) is 16.7. The number of allylic oxidation sites excluding steroid dienone is 1. The number of esters is 1. The van der Waals surface area contributed by atoms with E-state index in [9.17, 15) is 27.6 Å². The van der Waals surface area contributed by atoms with Crippen molar-refractivity contribution < 1.29 is 41.8 Å². The Morgan fingerprint density at radius 3 is 2.53 bits per heavy atom. The number of hydrogen-bond acceptors (Lipinski definition) is 10. The van der Waals surface area contributed by atoms with Gasteiger partial charge in [-0.05, 0) is 66.3 Å². The molecule has 49 heavy (non-hydrogen) atoms. The van der Waals surface area contributed by atoms with Crippen LogP contribution in [-0.4, -0.2) is 79.0 Å². The van der Waals surface area contributed by atoms with Gasteiger partial charge in [0.25, 0.3) is 0 Å². The second-order valence-corrected chi connectivity index (χ2v) is 16.6. The average molecular weight is 694 g/mol. The summed E-state index contributed by atoms with van der Waals surface area (Å²) in [6.45, 7) is 9.63. The number of aromatic nitrogens is 1. The van der Waals surface area contributed by atoms with E-state index in [2.05, 4.69) is 16.3 Å². The summed E-state index contributed by atoms with van der Waals surface area (Å²) in [6, 6.07) is 6.37. The van der Waals surface area contributed by atoms with E-state index in [0.717, 1.165) is 5.39 Å². The van der Waals surface area contributed by atoms with Gasteiger partial charge < -0.3 is 19.1 Å². The number of hydrogen-bond donors (Lipinski definition) is 1. The van der Waals surface area contributed by atoms with Gasteiger partial charge in [-0.2, -0.15) is 0 Å². The fourth-order valence-electron chi connectivity index (χ4n) is 6.81. The first-order chi connectivity index (χ1) is 23.2. The number of ketones is 1. The largest absolute Gasteiger partial charge is 0.490 e. The Labute approximate surface area is 286 Å². The quantitative estimate of drug-likeness (QED) is 0.333. The van der Waals surface area contributed by atoms with Crippen LogP contribution in [0.15, 0.2) is 55.3 Å². The van der Waals surface area contributed by atoms with Crippen LogP contribution in [0, 0.1) is 22.7 Å². The standard InChI is InChI=1S/C36H43N3O9S/c1-5-23-19-36(23,34(43)38-49(44,45)26-10-11-26)20-30(40)29-17-25-21-39(29)33(42)28(35(2,3)4)18-31(41)47-15-7-6-14-46-24-9-8-22-12-13-37-32(48-25)27(22)16-24/h5-9,12-13,16,23,25-26,28-29H,1,10-11,14-15,17-21H2,2-4H3,(H,38,43)/b7-6-/t23-,25?,28+,29?,36+/m0/s1. The Bertz CT molecular complexity index is 1810. The minimum absolute atomic E-state index is 0.00482. The lowest BCUT2D eigenvalue weighted by Gasteiger charge is -2.34. The molecule has 2 saturated carbocycles. The molecule has 3 heterocycles. The van der Waals surface area contributed by atoms with Gasteiger partial charge in [0.2, 0.25) is 27.7 Å². The number of carbonyl (C=O) groups is 4. The zero-order chi connectivity index (χ0) is 35.1. The summed E-state index contributed by atoms with van der Waals surface area (Å²) in [5.41, 5.74) is -1.96. The van der Waals surface area contributed by atoms with Crippen LogP contribution in [0.25, 0.3) is 10.8 Å². The highest BCUT2D eigenvalue weighted by Crippen LogP contribution is 2.57. The van der Waals surface area contributed by atoms with E-state index in [1.807, 2.05) is 45.0 Å². The number of benzene rings is 1. The molecule has 2 aliphatic heterocycles. The zero-order valence-electron chi connectivity index (χ0n) is 28.1. The molecule has 3 fully saturated rings. The lowest BCUT2D eigenvalue weighted by atomic mass is 9.77. The van der Waals surface area contributed by atoms with E-state index < -0.39 is 73.7 Å². The molecule has 2 amide bonds. The first kappa shape index (κ1) is 34.6. The number of rotatable bonds is 7. The highest BCUT2D eigenvalue weighted by molar-refractivity contribution is 7.90. The average Bonchev–Trinajstić information content (AvgIpc) is 3.97.